The Morgan fingerprint density at radius 2 is 2.00 bits per heavy atom. The molecule has 0 spiro atoms. The first kappa shape index (κ1) is 11.6. The van der Waals surface area contributed by atoms with E-state index in [1.54, 1.807) is 0 Å². The van der Waals surface area contributed by atoms with E-state index in [2.05, 4.69) is 40.7 Å². The van der Waals surface area contributed by atoms with Gasteiger partial charge in [-0.1, -0.05) is 0 Å². The van der Waals surface area contributed by atoms with E-state index >= 15 is 0 Å². The van der Waals surface area contributed by atoms with Gasteiger partial charge in [-0.15, -0.1) is 0 Å². The lowest BCUT2D eigenvalue weighted by atomic mass is 9.91. The number of H-pyrrole nitrogens is 1. The molecule has 3 heterocycles. The molecule has 1 aromatic rings. The zero-order valence-electron chi connectivity index (χ0n) is 10.7. The van der Waals surface area contributed by atoms with E-state index in [0.717, 1.165) is 18.4 Å². The number of hydrogen-bond donors (Lipinski definition) is 1. The number of thioether (sulfide) groups is 1. The van der Waals surface area contributed by atoms with Crippen molar-refractivity contribution in [2.75, 3.05) is 24.6 Å². The molecule has 1 aromatic heterocycles. The topological polar surface area (TPSA) is 31.9 Å². The number of likely N-dealkylation sites (tertiary alicyclic amines) is 1. The SMILES string of the molecule is Cc1[nH]nc(CN2CC3CSCC(C3)C2)c1C. The van der Waals surface area contributed by atoms with Crippen LogP contribution in [0.5, 0.6) is 0 Å². The van der Waals surface area contributed by atoms with Gasteiger partial charge in [0, 0.05) is 25.3 Å². The molecular formula is C13H21N3S. The average Bonchev–Trinajstić information content (AvgIpc) is 2.61. The lowest BCUT2D eigenvalue weighted by Gasteiger charge is -2.40. The molecule has 3 nitrogen and oxygen atoms in total. The van der Waals surface area contributed by atoms with Gasteiger partial charge in [0.2, 0.25) is 0 Å². The van der Waals surface area contributed by atoms with E-state index in [0.29, 0.717) is 0 Å². The third-order valence-electron chi connectivity index (χ3n) is 4.13. The minimum absolute atomic E-state index is 0.924. The van der Waals surface area contributed by atoms with Crippen molar-refractivity contribution in [3.8, 4) is 0 Å². The zero-order valence-corrected chi connectivity index (χ0v) is 11.5. The summed E-state index contributed by atoms with van der Waals surface area (Å²) in [5.41, 5.74) is 3.80. The highest BCUT2D eigenvalue weighted by Gasteiger charge is 2.31. The Labute approximate surface area is 107 Å². The van der Waals surface area contributed by atoms with Gasteiger partial charge >= 0.3 is 0 Å². The highest BCUT2D eigenvalue weighted by Crippen LogP contribution is 2.33. The Bertz CT molecular complexity index is 389. The molecule has 2 saturated heterocycles. The summed E-state index contributed by atoms with van der Waals surface area (Å²) in [7, 11) is 0. The summed E-state index contributed by atoms with van der Waals surface area (Å²) in [5, 5.41) is 7.53. The molecule has 0 aromatic carbocycles. The molecule has 94 valence electrons. The zero-order chi connectivity index (χ0) is 11.8. The van der Waals surface area contributed by atoms with E-state index in [9.17, 15) is 0 Å². The smallest absolute Gasteiger partial charge is 0.0794 e. The van der Waals surface area contributed by atoms with Crippen LogP contribution in [0.3, 0.4) is 0 Å². The van der Waals surface area contributed by atoms with Crippen molar-refractivity contribution in [1.29, 1.82) is 0 Å². The van der Waals surface area contributed by atoms with Crippen molar-refractivity contribution in [3.63, 3.8) is 0 Å². The number of aryl methyl sites for hydroxylation is 1. The maximum atomic E-state index is 4.43. The van der Waals surface area contributed by atoms with Gasteiger partial charge in [0.15, 0.2) is 0 Å². The number of rotatable bonds is 2. The third-order valence-corrected chi connectivity index (χ3v) is 5.55. The molecule has 3 rings (SSSR count). The highest BCUT2D eigenvalue weighted by molar-refractivity contribution is 7.99. The Morgan fingerprint density at radius 3 is 2.59 bits per heavy atom. The number of piperidine rings is 1. The van der Waals surface area contributed by atoms with Crippen molar-refractivity contribution in [2.45, 2.75) is 26.8 Å². The molecular weight excluding hydrogens is 230 g/mol. The molecule has 0 radical (unpaired) electrons. The Kier molecular flexibility index (Phi) is 3.17. The maximum Gasteiger partial charge on any atom is 0.0794 e. The standard InChI is InChI=1S/C13H21N3S/c1-9-10(2)14-15-13(9)6-16-4-11-3-12(5-16)8-17-7-11/h11-12H,3-8H2,1-2H3,(H,14,15). The summed E-state index contributed by atoms with van der Waals surface area (Å²) >= 11 is 2.15. The van der Waals surface area contributed by atoms with Gasteiger partial charge in [-0.3, -0.25) is 10.00 Å². The van der Waals surface area contributed by atoms with Crippen molar-refractivity contribution in [2.24, 2.45) is 11.8 Å². The molecule has 2 unspecified atom stereocenters. The fourth-order valence-electron chi connectivity index (χ4n) is 3.10. The second-order valence-corrected chi connectivity index (χ2v) is 6.69. The number of nitrogens with one attached hydrogen (secondary N) is 1. The van der Waals surface area contributed by atoms with Crippen LogP contribution in [-0.4, -0.2) is 39.7 Å². The molecule has 0 saturated carbocycles. The number of hydrogen-bond acceptors (Lipinski definition) is 3. The molecule has 2 atom stereocenters. The van der Waals surface area contributed by atoms with Crippen molar-refractivity contribution in [1.82, 2.24) is 15.1 Å². The molecule has 0 aliphatic carbocycles. The van der Waals surface area contributed by atoms with Crippen LogP contribution in [0.1, 0.15) is 23.4 Å². The predicted octanol–water partition coefficient (Wildman–Crippen LogP) is 2.21. The maximum absolute atomic E-state index is 4.43. The van der Waals surface area contributed by atoms with Crippen LogP contribution in [0.25, 0.3) is 0 Å². The molecule has 0 amide bonds. The first-order valence-electron chi connectivity index (χ1n) is 6.53. The first-order valence-corrected chi connectivity index (χ1v) is 7.68. The Morgan fingerprint density at radius 1 is 1.29 bits per heavy atom. The number of aromatic amines is 1. The fourth-order valence-corrected chi connectivity index (χ4v) is 4.38. The highest BCUT2D eigenvalue weighted by atomic mass is 32.2. The lowest BCUT2D eigenvalue weighted by molar-refractivity contribution is 0.132. The van der Waals surface area contributed by atoms with Crippen LogP contribution in [0.4, 0.5) is 0 Å². The number of fused-ring (bicyclic) bond motifs is 2. The monoisotopic (exact) mass is 251 g/mol. The lowest BCUT2D eigenvalue weighted by Crippen LogP contribution is -2.44. The number of aromatic nitrogens is 2. The van der Waals surface area contributed by atoms with Crippen LogP contribution >= 0.6 is 11.8 Å². The molecule has 2 fully saturated rings. The van der Waals surface area contributed by atoms with E-state index < -0.39 is 0 Å². The van der Waals surface area contributed by atoms with Gasteiger partial charge in [0.05, 0.1) is 5.69 Å². The van der Waals surface area contributed by atoms with Crippen LogP contribution < -0.4 is 0 Å². The van der Waals surface area contributed by atoms with Gasteiger partial charge in [0.25, 0.3) is 0 Å². The van der Waals surface area contributed by atoms with Crippen molar-refractivity contribution < 1.29 is 0 Å². The summed E-state index contributed by atoms with van der Waals surface area (Å²) in [4.78, 5) is 2.61. The van der Waals surface area contributed by atoms with Crippen LogP contribution in [0.2, 0.25) is 0 Å². The van der Waals surface area contributed by atoms with E-state index in [1.807, 2.05) is 0 Å². The molecule has 2 aliphatic heterocycles. The Balaban J connectivity index is 1.67. The summed E-state index contributed by atoms with van der Waals surface area (Å²) in [5.74, 6) is 4.58. The van der Waals surface area contributed by atoms with E-state index in [4.69, 9.17) is 0 Å². The quantitative estimate of drug-likeness (QED) is 0.874. The number of nitrogens with zero attached hydrogens (tertiary/aromatic N) is 2. The van der Waals surface area contributed by atoms with Crippen molar-refractivity contribution >= 4 is 11.8 Å². The summed E-state index contributed by atoms with van der Waals surface area (Å²) in [6, 6.07) is 0. The minimum Gasteiger partial charge on any atom is -0.297 e. The first-order chi connectivity index (χ1) is 8.22. The van der Waals surface area contributed by atoms with Gasteiger partial charge in [-0.05, 0) is 49.2 Å². The minimum atomic E-state index is 0.924. The van der Waals surface area contributed by atoms with E-state index in [-0.39, 0.29) is 0 Å². The van der Waals surface area contributed by atoms with Gasteiger partial charge in [-0.25, -0.2) is 0 Å². The largest absolute Gasteiger partial charge is 0.297 e. The molecule has 2 bridgehead atoms. The summed E-state index contributed by atoms with van der Waals surface area (Å²) < 4.78 is 0. The molecule has 2 aliphatic rings. The third kappa shape index (κ3) is 2.38. The van der Waals surface area contributed by atoms with Crippen LogP contribution in [-0.2, 0) is 6.54 Å². The predicted molar refractivity (Wildman–Crippen MR) is 72.3 cm³/mol. The fraction of sp³-hybridized carbons (Fsp3) is 0.769. The molecule has 17 heavy (non-hydrogen) atoms. The Hall–Kier alpha value is -0.480. The van der Waals surface area contributed by atoms with Crippen LogP contribution in [0, 0.1) is 25.7 Å². The van der Waals surface area contributed by atoms with E-state index in [1.165, 1.54) is 48.0 Å². The molecule has 1 N–H and O–H groups in total. The normalized spacial score (nSPS) is 29.5. The van der Waals surface area contributed by atoms with Gasteiger partial charge in [0.1, 0.15) is 0 Å². The van der Waals surface area contributed by atoms with Gasteiger partial charge < -0.3 is 0 Å². The van der Waals surface area contributed by atoms with Crippen molar-refractivity contribution in [3.05, 3.63) is 17.0 Å². The molecule has 4 heteroatoms. The summed E-state index contributed by atoms with van der Waals surface area (Å²) in [6.07, 6.45) is 1.46. The van der Waals surface area contributed by atoms with Crippen LogP contribution in [0.15, 0.2) is 0 Å². The second kappa shape index (κ2) is 4.65. The van der Waals surface area contributed by atoms with Gasteiger partial charge in [-0.2, -0.15) is 16.9 Å². The average molecular weight is 251 g/mol. The second-order valence-electron chi connectivity index (χ2n) is 5.62. The summed E-state index contributed by atoms with van der Waals surface area (Å²) in [6.45, 7) is 7.86.